The number of benzene rings is 3. The first-order chi connectivity index (χ1) is 14.9. The molecule has 5 nitrogen and oxygen atoms in total. The quantitative estimate of drug-likeness (QED) is 0.546. The zero-order chi connectivity index (χ0) is 22.0. The van der Waals surface area contributed by atoms with Crippen molar-refractivity contribution in [3.05, 3.63) is 96.2 Å². The minimum atomic E-state index is -4.38. The molecule has 2 radical (unpaired) electrons. The number of hydrogen-bond acceptors (Lipinski definition) is 4. The van der Waals surface area contributed by atoms with Gasteiger partial charge >= 0.3 is 0 Å². The number of hydrogen-bond donors (Lipinski definition) is 1. The minimum absolute atomic E-state index is 0.121. The van der Waals surface area contributed by atoms with E-state index >= 15 is 0 Å². The Labute approximate surface area is 184 Å². The highest BCUT2D eigenvalue weighted by Crippen LogP contribution is 2.42. The van der Waals surface area contributed by atoms with Crippen molar-refractivity contribution in [1.82, 2.24) is 0 Å². The van der Waals surface area contributed by atoms with Crippen LogP contribution in [0.15, 0.2) is 77.7 Å². The van der Waals surface area contributed by atoms with Gasteiger partial charge in [-0.3, -0.25) is 4.55 Å². The molecule has 1 heterocycles. The van der Waals surface area contributed by atoms with Crippen LogP contribution in [0.25, 0.3) is 0 Å². The molecule has 0 aromatic heterocycles. The average Bonchev–Trinajstić information content (AvgIpc) is 3.23. The molecule has 0 saturated carbocycles. The topological polar surface area (TPSA) is 60.9 Å². The van der Waals surface area contributed by atoms with E-state index in [-0.39, 0.29) is 10.9 Å². The summed E-state index contributed by atoms with van der Waals surface area (Å²) >= 11 is 0. The number of para-hydroxylation sites is 2. The lowest BCUT2D eigenvalue weighted by atomic mass is 10.0. The third-order valence-corrected chi connectivity index (χ3v) is 6.62. The molecule has 0 unspecified atom stereocenters. The summed E-state index contributed by atoms with van der Waals surface area (Å²) in [7, 11) is -4.38. The molecule has 1 N–H and O–H groups in total. The van der Waals surface area contributed by atoms with E-state index in [9.17, 15) is 13.0 Å². The molecule has 1 aliphatic heterocycles. The van der Waals surface area contributed by atoms with E-state index in [1.807, 2.05) is 35.2 Å². The Morgan fingerprint density at radius 1 is 0.903 bits per heavy atom. The first kappa shape index (κ1) is 21.4. The van der Waals surface area contributed by atoms with Crippen LogP contribution in [0.3, 0.4) is 0 Å². The maximum Gasteiger partial charge on any atom is 0.296 e. The summed E-state index contributed by atoms with van der Waals surface area (Å²) in [5.74, 6) is 0. The van der Waals surface area contributed by atoms with Gasteiger partial charge in [-0.2, -0.15) is 8.42 Å². The summed E-state index contributed by atoms with van der Waals surface area (Å²) < 4.78 is 34.0. The van der Waals surface area contributed by atoms with E-state index in [0.29, 0.717) is 12.2 Å². The third kappa shape index (κ3) is 4.18. The predicted molar refractivity (Wildman–Crippen MR) is 124 cm³/mol. The lowest BCUT2D eigenvalue weighted by molar-refractivity contribution is 0.483. The van der Waals surface area contributed by atoms with Crippen LogP contribution in [0.1, 0.15) is 36.6 Å². The summed E-state index contributed by atoms with van der Waals surface area (Å²) in [4.78, 5) is 3.81. The second-order valence-corrected chi connectivity index (χ2v) is 8.97. The first-order valence-electron chi connectivity index (χ1n) is 10.5. The van der Waals surface area contributed by atoms with Crippen LogP contribution in [-0.2, 0) is 23.0 Å². The Balaban J connectivity index is 1.84. The Kier molecular flexibility index (Phi) is 6.03. The zero-order valence-electron chi connectivity index (χ0n) is 17.7. The predicted octanol–water partition coefficient (Wildman–Crippen LogP) is 5.12. The molecule has 0 amide bonds. The van der Waals surface area contributed by atoms with Crippen molar-refractivity contribution in [2.24, 2.45) is 0 Å². The van der Waals surface area contributed by atoms with Gasteiger partial charge in [-0.15, -0.1) is 0 Å². The summed E-state index contributed by atoms with van der Waals surface area (Å²) in [6, 6.07) is 22.7. The standard InChI is InChI=1S/C25H26N2O3S/c1-3-19-13-10-14-20(4-2)25(19)26-17-23(21-11-6-5-7-12-21)27(18-26)22-15-8-9-16-24(22)31(28,29)30/h5-16,23H,3-4,17H2,1-2H3,(H,28,29,30)/t23-/m1/s1. The molecular weight excluding hydrogens is 408 g/mol. The molecule has 0 bridgehead atoms. The van der Waals surface area contributed by atoms with Gasteiger partial charge in [0.25, 0.3) is 10.1 Å². The highest BCUT2D eigenvalue weighted by atomic mass is 32.2. The van der Waals surface area contributed by atoms with Crippen LogP contribution < -0.4 is 9.80 Å². The maximum absolute atomic E-state index is 12.1. The fourth-order valence-corrected chi connectivity index (χ4v) is 4.91. The van der Waals surface area contributed by atoms with E-state index in [0.717, 1.165) is 24.1 Å². The van der Waals surface area contributed by atoms with Gasteiger partial charge in [-0.1, -0.05) is 74.5 Å². The van der Waals surface area contributed by atoms with Crippen LogP contribution in [0.5, 0.6) is 0 Å². The zero-order valence-corrected chi connectivity index (χ0v) is 18.5. The molecule has 160 valence electrons. The molecule has 3 aromatic carbocycles. The fourth-order valence-electron chi connectivity index (χ4n) is 4.22. The molecule has 1 fully saturated rings. The largest absolute Gasteiger partial charge is 0.338 e. The van der Waals surface area contributed by atoms with Crippen molar-refractivity contribution in [2.75, 3.05) is 16.3 Å². The molecule has 0 aliphatic carbocycles. The Bertz CT molecular complexity index is 1140. The number of rotatable bonds is 6. The van der Waals surface area contributed by atoms with E-state index in [4.69, 9.17) is 0 Å². The van der Waals surface area contributed by atoms with Crippen LogP contribution in [0.2, 0.25) is 0 Å². The van der Waals surface area contributed by atoms with Gasteiger partial charge in [0, 0.05) is 12.2 Å². The van der Waals surface area contributed by atoms with Crippen molar-refractivity contribution in [1.29, 1.82) is 0 Å². The third-order valence-electron chi connectivity index (χ3n) is 5.72. The Hall–Kier alpha value is -2.83. The second-order valence-electron chi connectivity index (χ2n) is 7.58. The van der Waals surface area contributed by atoms with Gasteiger partial charge in [-0.25, -0.2) is 0 Å². The second kappa shape index (κ2) is 8.73. The van der Waals surface area contributed by atoms with Crippen LogP contribution in [0, 0.1) is 6.67 Å². The fraction of sp³-hybridized carbons (Fsp3) is 0.240. The molecule has 31 heavy (non-hydrogen) atoms. The molecule has 6 heteroatoms. The van der Waals surface area contributed by atoms with Gasteiger partial charge in [0.1, 0.15) is 4.90 Å². The van der Waals surface area contributed by atoms with Crippen molar-refractivity contribution < 1.29 is 13.0 Å². The Morgan fingerprint density at radius 3 is 2.13 bits per heavy atom. The van der Waals surface area contributed by atoms with E-state index in [2.05, 4.69) is 43.6 Å². The normalized spacial score (nSPS) is 16.7. The average molecular weight is 435 g/mol. The monoisotopic (exact) mass is 434 g/mol. The van der Waals surface area contributed by atoms with Gasteiger partial charge in [0.15, 0.2) is 0 Å². The summed E-state index contributed by atoms with van der Waals surface area (Å²) in [5, 5.41) is 0. The van der Waals surface area contributed by atoms with Gasteiger partial charge in [-0.05, 0) is 41.7 Å². The smallest absolute Gasteiger partial charge is 0.296 e. The van der Waals surface area contributed by atoms with E-state index in [1.54, 1.807) is 18.2 Å². The molecular formula is C25H26N2O3S. The molecule has 0 spiro atoms. The molecule has 1 atom stereocenters. The lowest BCUT2D eigenvalue weighted by Crippen LogP contribution is -2.23. The summed E-state index contributed by atoms with van der Waals surface area (Å²) in [5.41, 5.74) is 5.04. The van der Waals surface area contributed by atoms with Crippen molar-refractivity contribution in [2.45, 2.75) is 37.6 Å². The lowest BCUT2D eigenvalue weighted by Gasteiger charge is -2.26. The van der Waals surface area contributed by atoms with Crippen LogP contribution in [0.4, 0.5) is 11.4 Å². The van der Waals surface area contributed by atoms with Gasteiger partial charge in [0.2, 0.25) is 6.67 Å². The van der Waals surface area contributed by atoms with Crippen LogP contribution in [-0.4, -0.2) is 19.5 Å². The number of nitrogens with zero attached hydrogens (tertiary/aromatic N) is 2. The SMILES string of the molecule is CCc1cccc(CC)c1N1[C]N(c2ccccc2S(=O)(=O)O)[C@@H](c2ccccc2)C1. The summed E-state index contributed by atoms with van der Waals surface area (Å²) in [6.45, 7) is 8.31. The van der Waals surface area contributed by atoms with E-state index in [1.165, 1.54) is 17.2 Å². The summed E-state index contributed by atoms with van der Waals surface area (Å²) in [6.07, 6.45) is 1.78. The van der Waals surface area contributed by atoms with Gasteiger partial charge < -0.3 is 9.80 Å². The number of anilines is 2. The maximum atomic E-state index is 12.1. The molecule has 1 aliphatic rings. The number of aryl methyl sites for hydroxylation is 2. The molecule has 3 aromatic rings. The molecule has 1 saturated heterocycles. The van der Waals surface area contributed by atoms with Crippen molar-refractivity contribution in [3.8, 4) is 0 Å². The van der Waals surface area contributed by atoms with Crippen molar-refractivity contribution in [3.63, 3.8) is 0 Å². The Morgan fingerprint density at radius 2 is 1.52 bits per heavy atom. The minimum Gasteiger partial charge on any atom is -0.338 e. The van der Waals surface area contributed by atoms with E-state index < -0.39 is 10.1 Å². The van der Waals surface area contributed by atoms with Crippen molar-refractivity contribution >= 4 is 21.5 Å². The highest BCUT2D eigenvalue weighted by Gasteiger charge is 2.37. The highest BCUT2D eigenvalue weighted by molar-refractivity contribution is 7.86. The first-order valence-corrected chi connectivity index (χ1v) is 11.9. The van der Waals surface area contributed by atoms with Crippen LogP contribution >= 0.6 is 0 Å². The van der Waals surface area contributed by atoms with Gasteiger partial charge in [0.05, 0.1) is 11.7 Å². The molecule has 4 rings (SSSR count).